The van der Waals surface area contributed by atoms with Crippen LogP contribution in [0.3, 0.4) is 0 Å². The summed E-state index contributed by atoms with van der Waals surface area (Å²) in [6, 6.07) is 78.4. The Morgan fingerprint density at radius 1 is 0.350 bits per heavy atom. The Morgan fingerprint density at radius 2 is 0.933 bits per heavy atom. The standard InChI is InChI=1S/C56H36N2OS/c1-4-17-37(18-5-1)42-23-12-14-28-50(42)58(51-29-16-27-46-44-25-13-15-30-52(44)59-55(46)51)41-32-34-48-53(36-41)60-56-47-33-31-40(35-49(47)43-24-10-11-26-45(43)54(48)56)57(38-19-6-2-7-20-38)39-21-8-3-9-22-39/h1-36H. The fraction of sp³-hybridized carbons (Fsp3) is 0. The zero-order valence-corrected chi connectivity index (χ0v) is 33.3. The van der Waals surface area contributed by atoms with E-state index in [4.69, 9.17) is 4.42 Å². The van der Waals surface area contributed by atoms with Gasteiger partial charge in [0, 0.05) is 64.6 Å². The van der Waals surface area contributed by atoms with Crippen molar-refractivity contribution < 1.29 is 4.42 Å². The summed E-state index contributed by atoms with van der Waals surface area (Å²) >= 11 is 1.88. The molecule has 0 saturated heterocycles. The van der Waals surface area contributed by atoms with Crippen molar-refractivity contribution in [3.63, 3.8) is 0 Å². The van der Waals surface area contributed by atoms with Gasteiger partial charge in [-0.3, -0.25) is 0 Å². The van der Waals surface area contributed by atoms with Gasteiger partial charge in [-0.25, -0.2) is 0 Å². The molecule has 60 heavy (non-hydrogen) atoms. The highest BCUT2D eigenvalue weighted by molar-refractivity contribution is 7.27. The number of fused-ring (bicyclic) bond motifs is 11. The Hall–Kier alpha value is -7.66. The van der Waals surface area contributed by atoms with Crippen LogP contribution in [-0.2, 0) is 0 Å². The highest BCUT2D eigenvalue weighted by Gasteiger charge is 2.24. The molecule has 4 heteroatoms. The first kappa shape index (κ1) is 34.4. The molecule has 2 heterocycles. The van der Waals surface area contributed by atoms with Crippen molar-refractivity contribution in [2.75, 3.05) is 9.80 Å². The SMILES string of the molecule is c1ccc(-c2ccccc2N(c2ccc3c(c2)sc2c4ccc(N(c5ccccc5)c5ccccc5)cc4c4ccccc4c32)c2cccc3c2oc2ccccc23)cc1. The number of rotatable bonds is 7. The molecule has 0 spiro atoms. The Balaban J connectivity index is 1.10. The van der Waals surface area contributed by atoms with Crippen LogP contribution in [0.5, 0.6) is 0 Å². The van der Waals surface area contributed by atoms with Gasteiger partial charge in [0.1, 0.15) is 5.58 Å². The van der Waals surface area contributed by atoms with Crippen molar-refractivity contribution in [1.82, 2.24) is 0 Å². The van der Waals surface area contributed by atoms with Gasteiger partial charge in [-0.1, -0.05) is 152 Å². The van der Waals surface area contributed by atoms with E-state index in [2.05, 4.69) is 222 Å². The summed E-state index contributed by atoms with van der Waals surface area (Å²) < 4.78 is 9.26. The van der Waals surface area contributed by atoms with Gasteiger partial charge >= 0.3 is 0 Å². The predicted octanol–water partition coefficient (Wildman–Crippen LogP) is 16.9. The monoisotopic (exact) mass is 784 g/mol. The smallest absolute Gasteiger partial charge is 0.159 e. The number of thiophene rings is 1. The molecule has 0 radical (unpaired) electrons. The van der Waals surface area contributed by atoms with Gasteiger partial charge < -0.3 is 14.2 Å². The van der Waals surface area contributed by atoms with Crippen LogP contribution in [0.4, 0.5) is 34.1 Å². The maximum absolute atomic E-state index is 6.73. The molecule has 0 unspecified atom stereocenters. The number of hydrogen-bond acceptors (Lipinski definition) is 4. The van der Waals surface area contributed by atoms with E-state index >= 15 is 0 Å². The van der Waals surface area contributed by atoms with E-state index in [9.17, 15) is 0 Å². The summed E-state index contributed by atoms with van der Waals surface area (Å²) in [6.07, 6.45) is 0. The average Bonchev–Trinajstić information content (AvgIpc) is 3.90. The zero-order chi connectivity index (χ0) is 39.6. The Labute approximate surface area is 351 Å². The summed E-state index contributed by atoms with van der Waals surface area (Å²) in [7, 11) is 0. The van der Waals surface area contributed by atoms with E-state index in [0.29, 0.717) is 0 Å². The van der Waals surface area contributed by atoms with Crippen LogP contribution in [0, 0.1) is 0 Å². The third-order valence-electron chi connectivity index (χ3n) is 11.8. The van der Waals surface area contributed by atoms with Crippen LogP contribution in [0.2, 0.25) is 0 Å². The van der Waals surface area contributed by atoms with Crippen LogP contribution in [0.25, 0.3) is 74.8 Å². The molecule has 12 rings (SSSR count). The molecule has 3 nitrogen and oxygen atoms in total. The molecule has 282 valence electrons. The van der Waals surface area contributed by atoms with E-state index in [1.54, 1.807) is 0 Å². The largest absolute Gasteiger partial charge is 0.454 e. The second-order valence-corrected chi connectivity index (χ2v) is 16.3. The summed E-state index contributed by atoms with van der Waals surface area (Å²) in [6.45, 7) is 0. The minimum atomic E-state index is 0.867. The van der Waals surface area contributed by atoms with E-state index in [1.165, 1.54) is 41.7 Å². The first-order valence-corrected chi connectivity index (χ1v) is 21.2. The molecule has 0 saturated carbocycles. The maximum Gasteiger partial charge on any atom is 0.159 e. The van der Waals surface area contributed by atoms with Gasteiger partial charge in [0.2, 0.25) is 0 Å². The van der Waals surface area contributed by atoms with Crippen molar-refractivity contribution in [3.05, 3.63) is 218 Å². The lowest BCUT2D eigenvalue weighted by molar-refractivity contribution is 0.669. The van der Waals surface area contributed by atoms with Crippen LogP contribution in [-0.4, -0.2) is 0 Å². The zero-order valence-electron chi connectivity index (χ0n) is 32.5. The fourth-order valence-electron chi connectivity index (χ4n) is 9.16. The predicted molar refractivity (Wildman–Crippen MR) is 256 cm³/mol. The number of nitrogens with zero attached hydrogens (tertiary/aromatic N) is 2. The second-order valence-electron chi connectivity index (χ2n) is 15.2. The molecule has 10 aromatic carbocycles. The van der Waals surface area contributed by atoms with Crippen LogP contribution >= 0.6 is 11.3 Å². The van der Waals surface area contributed by atoms with E-state index in [1.807, 2.05) is 17.4 Å². The molecular weight excluding hydrogens is 749 g/mol. The molecule has 0 aliphatic carbocycles. The summed E-state index contributed by atoms with van der Waals surface area (Å²) in [5.74, 6) is 0. The Morgan fingerprint density at radius 3 is 1.70 bits per heavy atom. The van der Waals surface area contributed by atoms with Crippen LogP contribution in [0.1, 0.15) is 0 Å². The molecule has 0 amide bonds. The highest BCUT2D eigenvalue weighted by atomic mass is 32.1. The first-order valence-electron chi connectivity index (χ1n) is 20.3. The van der Waals surface area contributed by atoms with Gasteiger partial charge in [0.25, 0.3) is 0 Å². The second kappa shape index (κ2) is 14.0. The van der Waals surface area contributed by atoms with Crippen LogP contribution < -0.4 is 9.80 Å². The minimum absolute atomic E-state index is 0.867. The van der Waals surface area contributed by atoms with Crippen molar-refractivity contribution in [2.45, 2.75) is 0 Å². The van der Waals surface area contributed by atoms with Crippen molar-refractivity contribution in [1.29, 1.82) is 0 Å². The van der Waals surface area contributed by atoms with Gasteiger partial charge in [-0.15, -0.1) is 11.3 Å². The van der Waals surface area contributed by atoms with E-state index in [-0.39, 0.29) is 0 Å². The molecule has 0 aliphatic rings. The Kier molecular flexibility index (Phi) is 8.03. The van der Waals surface area contributed by atoms with Gasteiger partial charge in [-0.2, -0.15) is 0 Å². The summed E-state index contributed by atoms with van der Waals surface area (Å²) in [5.41, 5.74) is 10.6. The Bertz CT molecular complexity index is 3520. The first-order chi connectivity index (χ1) is 29.8. The molecular formula is C56H36N2OS. The van der Waals surface area contributed by atoms with Crippen molar-refractivity contribution in [3.8, 4) is 11.1 Å². The quantitative estimate of drug-likeness (QED) is 0.150. The minimum Gasteiger partial charge on any atom is -0.454 e. The van der Waals surface area contributed by atoms with Crippen molar-refractivity contribution >= 4 is 109 Å². The maximum atomic E-state index is 6.73. The number of para-hydroxylation sites is 5. The van der Waals surface area contributed by atoms with Gasteiger partial charge in [0.05, 0.1) is 11.4 Å². The molecule has 0 aliphatic heterocycles. The third kappa shape index (κ3) is 5.49. The molecule has 0 N–H and O–H groups in total. The van der Waals surface area contributed by atoms with Crippen LogP contribution in [0.15, 0.2) is 223 Å². The van der Waals surface area contributed by atoms with E-state index < -0.39 is 0 Å². The van der Waals surface area contributed by atoms with E-state index in [0.717, 1.165) is 67.2 Å². The summed E-state index contributed by atoms with van der Waals surface area (Å²) in [5, 5.41) is 9.79. The molecule has 12 aromatic rings. The highest BCUT2D eigenvalue weighted by Crippen LogP contribution is 2.50. The fourth-order valence-corrected chi connectivity index (χ4v) is 10.4. The number of anilines is 6. The number of furan rings is 1. The lowest BCUT2D eigenvalue weighted by atomic mass is 9.96. The molecule has 0 bridgehead atoms. The lowest BCUT2D eigenvalue weighted by Gasteiger charge is -2.28. The molecule has 0 fully saturated rings. The topological polar surface area (TPSA) is 19.6 Å². The van der Waals surface area contributed by atoms with Crippen molar-refractivity contribution in [2.24, 2.45) is 0 Å². The summed E-state index contributed by atoms with van der Waals surface area (Å²) in [4.78, 5) is 4.74. The molecule has 2 aromatic heterocycles. The van der Waals surface area contributed by atoms with Gasteiger partial charge in [0.15, 0.2) is 5.58 Å². The molecule has 0 atom stereocenters. The average molecular weight is 785 g/mol. The third-order valence-corrected chi connectivity index (χ3v) is 13.0. The lowest BCUT2D eigenvalue weighted by Crippen LogP contribution is -2.11. The van der Waals surface area contributed by atoms with Gasteiger partial charge in [-0.05, 0) is 88.5 Å². The normalized spacial score (nSPS) is 11.7. The number of benzene rings is 10. The number of hydrogen-bond donors (Lipinski definition) is 0.